The molecule has 0 spiro atoms. The van der Waals surface area contributed by atoms with Crippen molar-refractivity contribution in [1.82, 2.24) is 0 Å². The highest BCUT2D eigenvalue weighted by Gasteiger charge is 2.31. The fourth-order valence-corrected chi connectivity index (χ4v) is 15.9. The normalized spacial score (nSPS) is 14.3. The number of carbonyl (C=O) groups is 4. The smallest absolute Gasteiger partial charge is 0.462 e. The third-order valence-corrected chi connectivity index (χ3v) is 24.3. The molecule has 17 nitrogen and oxygen atoms in total. The maximum Gasteiger partial charge on any atom is 0.472 e. The molecule has 0 bridgehead atoms. The molecular weight excluding hydrogens is 1440 g/mol. The summed E-state index contributed by atoms with van der Waals surface area (Å²) in [7, 11) is -9.94. The standard InChI is InChI=1S/C92H180O17P2/c1-8-11-12-13-14-15-16-29-38-45-52-59-66-73-89(94)102-80-88(109-92(97)76-69-62-55-48-41-34-35-42-49-56-63-70-83(4)5)82-107-111(100,101)105-78-86(93)77-104-110(98,99)106-81-87(108-91(96)75-68-61-54-47-40-33-28-24-20-18-22-26-31-37-44-51-58-65-72-85(7)10-3)79-103-90(95)74-67-60-53-46-39-32-27-23-19-17-21-25-30-36-43-50-57-64-71-84(6)9-2/h83-88,93H,8-82H2,1-7H3,(H,98,99)(H,100,101)/t84?,85?,86-,87-,88-/m1/s1. The number of aliphatic hydroxyl groups excluding tert-OH is 1. The molecule has 660 valence electrons. The van der Waals surface area contributed by atoms with E-state index in [0.717, 1.165) is 108 Å². The van der Waals surface area contributed by atoms with Gasteiger partial charge in [0.2, 0.25) is 0 Å². The first-order valence-electron chi connectivity index (χ1n) is 47.4. The van der Waals surface area contributed by atoms with Gasteiger partial charge in [-0.25, -0.2) is 9.13 Å². The highest BCUT2D eigenvalue weighted by molar-refractivity contribution is 7.47. The zero-order valence-corrected chi connectivity index (χ0v) is 75.2. The van der Waals surface area contributed by atoms with Crippen molar-refractivity contribution < 1.29 is 80.2 Å². The zero-order chi connectivity index (χ0) is 81.5. The lowest BCUT2D eigenvalue weighted by Crippen LogP contribution is -2.30. The van der Waals surface area contributed by atoms with Crippen LogP contribution in [0.4, 0.5) is 0 Å². The van der Waals surface area contributed by atoms with Crippen molar-refractivity contribution in [2.24, 2.45) is 17.8 Å². The Hall–Kier alpha value is -1.94. The number of phosphoric ester groups is 2. The van der Waals surface area contributed by atoms with E-state index in [1.807, 2.05) is 0 Å². The van der Waals surface area contributed by atoms with Gasteiger partial charge in [-0.1, -0.05) is 440 Å². The second kappa shape index (κ2) is 81.8. The monoisotopic (exact) mass is 1620 g/mol. The summed E-state index contributed by atoms with van der Waals surface area (Å²) in [6.07, 6.45) is 74.9. The van der Waals surface area contributed by atoms with Crippen molar-refractivity contribution in [3.8, 4) is 0 Å². The molecule has 3 N–H and O–H groups in total. The van der Waals surface area contributed by atoms with E-state index in [1.165, 1.54) is 302 Å². The minimum absolute atomic E-state index is 0.107. The Morgan fingerprint density at radius 2 is 0.459 bits per heavy atom. The molecule has 0 rings (SSSR count). The first kappa shape index (κ1) is 109. The van der Waals surface area contributed by atoms with Crippen LogP contribution in [0.1, 0.15) is 492 Å². The average Bonchev–Trinajstić information content (AvgIpc) is 0.897. The van der Waals surface area contributed by atoms with Crippen molar-refractivity contribution in [2.45, 2.75) is 510 Å². The fraction of sp³-hybridized carbons (Fsp3) is 0.957. The zero-order valence-electron chi connectivity index (χ0n) is 73.4. The van der Waals surface area contributed by atoms with Gasteiger partial charge in [-0.3, -0.25) is 37.3 Å². The molecule has 111 heavy (non-hydrogen) atoms. The predicted octanol–water partition coefficient (Wildman–Crippen LogP) is 28.4. The molecule has 0 saturated carbocycles. The topological polar surface area (TPSA) is 237 Å². The summed E-state index contributed by atoms with van der Waals surface area (Å²) >= 11 is 0. The number of hydrogen-bond donors (Lipinski definition) is 3. The van der Waals surface area contributed by atoms with Gasteiger partial charge in [0.05, 0.1) is 26.4 Å². The Kier molecular flexibility index (Phi) is 80.4. The molecule has 0 fully saturated rings. The fourth-order valence-electron chi connectivity index (χ4n) is 14.4. The summed E-state index contributed by atoms with van der Waals surface area (Å²) in [6.45, 7) is 12.2. The van der Waals surface area contributed by atoms with E-state index in [2.05, 4.69) is 48.5 Å². The lowest BCUT2D eigenvalue weighted by Gasteiger charge is -2.21. The molecule has 0 saturated heterocycles. The maximum absolute atomic E-state index is 13.2. The maximum atomic E-state index is 13.2. The first-order valence-corrected chi connectivity index (χ1v) is 50.4. The number of ether oxygens (including phenoxy) is 4. The Morgan fingerprint density at radius 1 is 0.261 bits per heavy atom. The highest BCUT2D eigenvalue weighted by atomic mass is 31.2. The van der Waals surface area contributed by atoms with Crippen LogP contribution >= 0.6 is 15.6 Å². The van der Waals surface area contributed by atoms with Crippen LogP contribution in [-0.4, -0.2) is 96.7 Å². The van der Waals surface area contributed by atoms with Gasteiger partial charge in [0.25, 0.3) is 0 Å². The largest absolute Gasteiger partial charge is 0.472 e. The van der Waals surface area contributed by atoms with E-state index in [1.54, 1.807) is 0 Å². The minimum Gasteiger partial charge on any atom is -0.462 e. The molecule has 19 heteroatoms. The van der Waals surface area contributed by atoms with Gasteiger partial charge in [0.15, 0.2) is 12.2 Å². The predicted molar refractivity (Wildman–Crippen MR) is 460 cm³/mol. The quantitative estimate of drug-likeness (QED) is 0.0222. The Labute approximate surface area is 683 Å². The van der Waals surface area contributed by atoms with E-state index in [-0.39, 0.29) is 25.7 Å². The molecule has 0 aliphatic heterocycles. The van der Waals surface area contributed by atoms with Gasteiger partial charge in [-0.05, 0) is 43.4 Å². The van der Waals surface area contributed by atoms with Crippen molar-refractivity contribution in [2.75, 3.05) is 39.6 Å². The number of phosphoric acid groups is 2. The van der Waals surface area contributed by atoms with Gasteiger partial charge in [0, 0.05) is 25.7 Å². The van der Waals surface area contributed by atoms with E-state index in [9.17, 15) is 43.2 Å². The van der Waals surface area contributed by atoms with Crippen LogP contribution < -0.4 is 0 Å². The lowest BCUT2D eigenvalue weighted by molar-refractivity contribution is -0.161. The summed E-state index contributed by atoms with van der Waals surface area (Å²) in [5.41, 5.74) is 0. The summed E-state index contributed by atoms with van der Waals surface area (Å²) < 4.78 is 69.1. The van der Waals surface area contributed by atoms with Crippen molar-refractivity contribution in [1.29, 1.82) is 0 Å². The number of hydrogen-bond acceptors (Lipinski definition) is 15. The molecule has 0 aromatic heterocycles. The molecule has 0 amide bonds. The van der Waals surface area contributed by atoms with Crippen LogP contribution in [0.3, 0.4) is 0 Å². The van der Waals surface area contributed by atoms with E-state index < -0.39 is 97.5 Å². The number of aliphatic hydroxyl groups is 1. The Balaban J connectivity index is 5.24. The Morgan fingerprint density at radius 3 is 0.685 bits per heavy atom. The third-order valence-electron chi connectivity index (χ3n) is 22.4. The van der Waals surface area contributed by atoms with Crippen LogP contribution in [0.2, 0.25) is 0 Å². The number of rotatable bonds is 90. The summed E-state index contributed by atoms with van der Waals surface area (Å²) in [5, 5.41) is 10.7. The minimum atomic E-state index is -4.97. The van der Waals surface area contributed by atoms with Gasteiger partial charge in [0.1, 0.15) is 19.3 Å². The summed E-state index contributed by atoms with van der Waals surface area (Å²) in [5.74, 6) is 0.414. The molecule has 0 aliphatic rings. The molecule has 4 unspecified atom stereocenters. The molecule has 0 radical (unpaired) electrons. The summed E-state index contributed by atoms with van der Waals surface area (Å²) in [4.78, 5) is 73.4. The second-order valence-corrected chi connectivity index (χ2v) is 36.9. The molecule has 0 aliphatic carbocycles. The van der Waals surface area contributed by atoms with Gasteiger partial charge < -0.3 is 33.8 Å². The van der Waals surface area contributed by atoms with Gasteiger partial charge in [-0.15, -0.1) is 0 Å². The number of carbonyl (C=O) groups excluding carboxylic acids is 4. The van der Waals surface area contributed by atoms with Crippen molar-refractivity contribution in [3.05, 3.63) is 0 Å². The van der Waals surface area contributed by atoms with Crippen LogP contribution in [0.25, 0.3) is 0 Å². The van der Waals surface area contributed by atoms with E-state index in [4.69, 9.17) is 37.0 Å². The highest BCUT2D eigenvalue weighted by Crippen LogP contribution is 2.45. The average molecular weight is 1620 g/mol. The molecule has 0 heterocycles. The second-order valence-electron chi connectivity index (χ2n) is 34.0. The SMILES string of the molecule is CCCCCCCCCCCCCCCC(=O)OC[C@H](COP(=O)(O)OC[C@H](O)COP(=O)(O)OC[C@@H](COC(=O)CCCCCCCCCCCCCCCCCCCCC(C)CC)OC(=O)CCCCCCCCCCCCCCCCCCCCC(C)CC)OC(=O)CCCCCCCCCCCCCC(C)C. The van der Waals surface area contributed by atoms with Crippen molar-refractivity contribution >= 4 is 39.5 Å². The first-order chi connectivity index (χ1) is 53.8. The van der Waals surface area contributed by atoms with E-state index in [0.29, 0.717) is 25.7 Å². The molecule has 7 atom stereocenters. The lowest BCUT2D eigenvalue weighted by atomic mass is 9.99. The van der Waals surface area contributed by atoms with Crippen LogP contribution in [0.5, 0.6) is 0 Å². The van der Waals surface area contributed by atoms with E-state index >= 15 is 0 Å². The van der Waals surface area contributed by atoms with Crippen molar-refractivity contribution in [3.63, 3.8) is 0 Å². The number of esters is 4. The van der Waals surface area contributed by atoms with Crippen LogP contribution in [0, 0.1) is 17.8 Å². The van der Waals surface area contributed by atoms with Crippen LogP contribution in [0.15, 0.2) is 0 Å². The Bertz CT molecular complexity index is 2130. The third kappa shape index (κ3) is 82.9. The number of unbranched alkanes of at least 4 members (excludes halogenated alkanes) is 56. The molecule has 0 aromatic rings. The molecular formula is C92H180O17P2. The summed E-state index contributed by atoms with van der Waals surface area (Å²) in [6, 6.07) is 0. The van der Waals surface area contributed by atoms with Gasteiger partial charge >= 0.3 is 39.5 Å². The van der Waals surface area contributed by atoms with Crippen LogP contribution in [-0.2, 0) is 65.4 Å². The van der Waals surface area contributed by atoms with Gasteiger partial charge in [-0.2, -0.15) is 0 Å². The molecule has 0 aromatic carbocycles.